The summed E-state index contributed by atoms with van der Waals surface area (Å²) in [4.78, 5) is 17.1. The predicted molar refractivity (Wildman–Crippen MR) is 118 cm³/mol. The van der Waals surface area contributed by atoms with Crippen molar-refractivity contribution in [3.8, 4) is 0 Å². The number of carbonyl (C=O) groups excluding carboxylic acids is 1. The molecular formula is C24H29ClFN3O. The highest BCUT2D eigenvalue weighted by molar-refractivity contribution is 6.30. The van der Waals surface area contributed by atoms with Crippen LogP contribution in [0.4, 0.5) is 9.18 Å². The lowest BCUT2D eigenvalue weighted by Crippen LogP contribution is -2.64. The van der Waals surface area contributed by atoms with Crippen molar-refractivity contribution in [2.24, 2.45) is 5.41 Å². The molecule has 160 valence electrons. The molecule has 0 aliphatic carbocycles. The van der Waals surface area contributed by atoms with Crippen LogP contribution in [0.3, 0.4) is 0 Å². The molecule has 1 spiro atoms. The van der Waals surface area contributed by atoms with Gasteiger partial charge in [0.1, 0.15) is 5.82 Å². The molecule has 2 aromatic carbocycles. The third kappa shape index (κ3) is 4.19. The number of halogens is 2. The highest BCUT2D eigenvalue weighted by Gasteiger charge is 2.54. The molecule has 1 N–H and O–H groups in total. The lowest BCUT2D eigenvalue weighted by Gasteiger charge is -2.62. The van der Waals surface area contributed by atoms with Crippen molar-refractivity contribution in [1.82, 2.24) is 15.1 Å². The molecule has 2 aromatic rings. The van der Waals surface area contributed by atoms with Crippen molar-refractivity contribution in [2.45, 2.75) is 45.3 Å². The second-order valence-corrected chi connectivity index (χ2v) is 9.29. The van der Waals surface area contributed by atoms with Crippen LogP contribution in [0.25, 0.3) is 0 Å². The summed E-state index contributed by atoms with van der Waals surface area (Å²) in [5.74, 6) is -0.266. The molecule has 2 aliphatic heterocycles. The van der Waals surface area contributed by atoms with E-state index in [1.165, 1.54) is 17.7 Å². The Morgan fingerprint density at radius 2 is 1.77 bits per heavy atom. The Balaban J connectivity index is 1.38. The van der Waals surface area contributed by atoms with E-state index in [4.69, 9.17) is 11.6 Å². The molecule has 0 bridgehead atoms. The zero-order valence-electron chi connectivity index (χ0n) is 17.6. The van der Waals surface area contributed by atoms with Crippen LogP contribution in [0.15, 0.2) is 48.5 Å². The van der Waals surface area contributed by atoms with Gasteiger partial charge in [-0.15, -0.1) is 0 Å². The van der Waals surface area contributed by atoms with E-state index < -0.39 is 0 Å². The molecule has 2 heterocycles. The van der Waals surface area contributed by atoms with Gasteiger partial charge in [-0.3, -0.25) is 4.90 Å². The molecule has 0 saturated carbocycles. The van der Waals surface area contributed by atoms with E-state index in [0.717, 1.165) is 43.1 Å². The first-order valence-electron chi connectivity index (χ1n) is 10.7. The van der Waals surface area contributed by atoms with Gasteiger partial charge in [-0.05, 0) is 62.1 Å². The van der Waals surface area contributed by atoms with E-state index in [2.05, 4.69) is 36.2 Å². The van der Waals surface area contributed by atoms with Gasteiger partial charge in [0.05, 0.1) is 0 Å². The summed E-state index contributed by atoms with van der Waals surface area (Å²) in [6.45, 7) is 7.48. The molecule has 4 nitrogen and oxygen atoms in total. The van der Waals surface area contributed by atoms with Gasteiger partial charge in [0, 0.05) is 48.7 Å². The van der Waals surface area contributed by atoms with Crippen LogP contribution in [0, 0.1) is 11.2 Å². The third-order valence-corrected chi connectivity index (χ3v) is 6.91. The van der Waals surface area contributed by atoms with Gasteiger partial charge in [-0.1, -0.05) is 35.9 Å². The molecule has 1 atom stereocenters. The number of hydrogen-bond donors (Lipinski definition) is 1. The Morgan fingerprint density at radius 3 is 2.37 bits per heavy atom. The molecule has 2 amide bonds. The topological polar surface area (TPSA) is 35.6 Å². The maximum Gasteiger partial charge on any atom is 0.317 e. The van der Waals surface area contributed by atoms with Crippen molar-refractivity contribution in [3.05, 3.63) is 70.5 Å². The normalized spacial score (nSPS) is 21.0. The molecule has 2 aliphatic rings. The first-order chi connectivity index (χ1) is 14.4. The summed E-state index contributed by atoms with van der Waals surface area (Å²) in [6, 6.07) is 15.3. The van der Waals surface area contributed by atoms with Gasteiger partial charge < -0.3 is 10.2 Å². The highest BCUT2D eigenvalue weighted by Crippen LogP contribution is 2.55. The van der Waals surface area contributed by atoms with Crippen molar-refractivity contribution in [2.75, 3.05) is 19.6 Å². The number of likely N-dealkylation sites (tertiary alicyclic amines) is 2. The summed E-state index contributed by atoms with van der Waals surface area (Å²) < 4.78 is 13.0. The minimum Gasteiger partial charge on any atom is -0.334 e. The second-order valence-electron chi connectivity index (χ2n) is 8.85. The molecule has 6 heteroatoms. The van der Waals surface area contributed by atoms with E-state index >= 15 is 0 Å². The lowest BCUT2D eigenvalue weighted by atomic mass is 9.62. The Bertz CT molecular complexity index is 876. The molecule has 4 rings (SSSR count). The molecule has 1 unspecified atom stereocenters. The quantitative estimate of drug-likeness (QED) is 0.721. The lowest BCUT2D eigenvalue weighted by molar-refractivity contribution is -0.123. The molecule has 2 fully saturated rings. The average molecular weight is 430 g/mol. The number of carbonyl (C=O) groups is 1. The van der Waals surface area contributed by atoms with Crippen LogP contribution in [0.2, 0.25) is 5.02 Å². The molecule has 2 saturated heterocycles. The summed E-state index contributed by atoms with van der Waals surface area (Å²) in [5.41, 5.74) is 2.42. The van der Waals surface area contributed by atoms with E-state index in [-0.39, 0.29) is 17.3 Å². The molecular weight excluding hydrogens is 401 g/mol. The van der Waals surface area contributed by atoms with E-state index in [9.17, 15) is 9.18 Å². The van der Waals surface area contributed by atoms with Gasteiger partial charge in [0.15, 0.2) is 0 Å². The van der Waals surface area contributed by atoms with Crippen LogP contribution in [0.5, 0.6) is 0 Å². The fraction of sp³-hybridized carbons (Fsp3) is 0.458. The average Bonchev–Trinajstić information content (AvgIpc) is 2.73. The first kappa shape index (κ1) is 21.1. The van der Waals surface area contributed by atoms with Gasteiger partial charge in [0.2, 0.25) is 0 Å². The number of rotatable bonds is 4. The number of piperidine rings is 1. The summed E-state index contributed by atoms with van der Waals surface area (Å²) in [6.07, 6.45) is 1.99. The molecule has 0 aromatic heterocycles. The number of urea groups is 1. The fourth-order valence-electron chi connectivity index (χ4n) is 4.93. The van der Waals surface area contributed by atoms with E-state index in [1.54, 1.807) is 12.1 Å². The minimum absolute atomic E-state index is 0.0442. The molecule has 30 heavy (non-hydrogen) atoms. The Hall–Kier alpha value is -2.11. The first-order valence-corrected chi connectivity index (χ1v) is 11.0. The van der Waals surface area contributed by atoms with Crippen LogP contribution < -0.4 is 5.32 Å². The van der Waals surface area contributed by atoms with Gasteiger partial charge in [-0.25, -0.2) is 9.18 Å². The maximum atomic E-state index is 13.0. The van der Waals surface area contributed by atoms with Crippen molar-refractivity contribution in [1.29, 1.82) is 0 Å². The Kier molecular flexibility index (Phi) is 6.03. The number of nitrogens with zero attached hydrogens (tertiary/aromatic N) is 2. The highest BCUT2D eigenvalue weighted by atomic mass is 35.5. The third-order valence-electron chi connectivity index (χ3n) is 6.66. The SMILES string of the molecule is CC(C)N1CC2(CCN(C(=O)NCc3ccc(F)cc3)CC2)C1c1ccc(Cl)cc1. The number of benzene rings is 2. The summed E-state index contributed by atoms with van der Waals surface area (Å²) >= 11 is 6.11. The number of hydrogen-bond acceptors (Lipinski definition) is 2. The van der Waals surface area contributed by atoms with Crippen LogP contribution >= 0.6 is 11.6 Å². The molecule has 0 radical (unpaired) electrons. The van der Waals surface area contributed by atoms with Crippen molar-refractivity contribution >= 4 is 17.6 Å². The summed E-state index contributed by atoms with van der Waals surface area (Å²) in [7, 11) is 0. The number of amides is 2. The van der Waals surface area contributed by atoms with Crippen molar-refractivity contribution < 1.29 is 9.18 Å². The predicted octanol–water partition coefficient (Wildman–Crippen LogP) is 5.24. The van der Waals surface area contributed by atoms with Crippen LogP contribution in [0.1, 0.15) is 43.9 Å². The smallest absolute Gasteiger partial charge is 0.317 e. The summed E-state index contributed by atoms with van der Waals surface area (Å²) in [5, 5.41) is 3.73. The zero-order valence-corrected chi connectivity index (χ0v) is 18.3. The largest absolute Gasteiger partial charge is 0.334 e. The van der Waals surface area contributed by atoms with Crippen LogP contribution in [-0.2, 0) is 6.54 Å². The fourth-order valence-corrected chi connectivity index (χ4v) is 5.06. The minimum atomic E-state index is -0.266. The van der Waals surface area contributed by atoms with Gasteiger partial charge in [-0.2, -0.15) is 0 Å². The zero-order chi connectivity index (χ0) is 21.3. The van der Waals surface area contributed by atoms with Gasteiger partial charge >= 0.3 is 6.03 Å². The van der Waals surface area contributed by atoms with Gasteiger partial charge in [0.25, 0.3) is 0 Å². The van der Waals surface area contributed by atoms with E-state index in [0.29, 0.717) is 18.6 Å². The van der Waals surface area contributed by atoms with E-state index in [1.807, 2.05) is 17.0 Å². The van der Waals surface area contributed by atoms with Crippen molar-refractivity contribution in [3.63, 3.8) is 0 Å². The number of nitrogens with one attached hydrogen (secondary N) is 1. The maximum absolute atomic E-state index is 13.0. The standard InChI is InChI=1S/C24H29ClFN3O/c1-17(2)29-16-24(22(29)19-5-7-20(25)8-6-19)11-13-28(14-12-24)23(30)27-15-18-3-9-21(26)10-4-18/h3-10,17,22H,11-16H2,1-2H3,(H,27,30). The Morgan fingerprint density at radius 1 is 1.13 bits per heavy atom. The Labute approximate surface area is 183 Å². The second kappa shape index (κ2) is 8.56. The monoisotopic (exact) mass is 429 g/mol. The van der Waals surface area contributed by atoms with Crippen LogP contribution in [-0.4, -0.2) is 41.5 Å².